The van der Waals surface area contributed by atoms with E-state index in [4.69, 9.17) is 9.05 Å². The largest absolute Gasteiger partial charge is 0.340 e. The minimum absolute atomic E-state index is 0.168. The quantitative estimate of drug-likeness (QED) is 0.663. The van der Waals surface area contributed by atoms with Crippen LogP contribution in [0.2, 0.25) is 0 Å². The second-order valence-electron chi connectivity index (χ2n) is 4.08. The van der Waals surface area contributed by atoms with E-state index in [1.807, 2.05) is 12.1 Å². The van der Waals surface area contributed by atoms with Gasteiger partial charge in [0, 0.05) is 4.47 Å². The molecule has 0 bridgehead atoms. The Morgan fingerprint density at radius 1 is 1.19 bits per heavy atom. The SMILES string of the molecule is CCOP(=O)(OCC)C(c1ccccc1Br)C(C#N)C#N. The average Bonchev–Trinajstić information content (AvgIpc) is 2.46. The van der Waals surface area contributed by atoms with Gasteiger partial charge in [0.05, 0.1) is 25.4 Å². The fraction of sp³-hybridized carbons (Fsp3) is 0.429. The summed E-state index contributed by atoms with van der Waals surface area (Å²) in [6, 6.07) is 10.8. The predicted molar refractivity (Wildman–Crippen MR) is 82.5 cm³/mol. The molecule has 0 amide bonds. The van der Waals surface area contributed by atoms with Gasteiger partial charge in [0.1, 0.15) is 5.66 Å². The molecule has 1 rings (SSSR count). The lowest BCUT2D eigenvalue weighted by atomic mass is 10.0. The second-order valence-corrected chi connectivity index (χ2v) is 7.08. The number of hydrogen-bond acceptors (Lipinski definition) is 5. The van der Waals surface area contributed by atoms with Gasteiger partial charge in [-0.3, -0.25) is 4.57 Å². The molecule has 0 aliphatic carbocycles. The van der Waals surface area contributed by atoms with Crippen molar-refractivity contribution in [2.24, 2.45) is 5.92 Å². The summed E-state index contributed by atoms with van der Waals surface area (Å²) in [5.41, 5.74) is -0.390. The van der Waals surface area contributed by atoms with Crippen LogP contribution in [0.5, 0.6) is 0 Å². The lowest BCUT2D eigenvalue weighted by Crippen LogP contribution is -2.15. The Morgan fingerprint density at radius 3 is 2.14 bits per heavy atom. The van der Waals surface area contributed by atoms with Gasteiger partial charge in [-0.05, 0) is 25.5 Å². The molecule has 112 valence electrons. The lowest BCUT2D eigenvalue weighted by molar-refractivity contribution is 0.209. The van der Waals surface area contributed by atoms with Gasteiger partial charge in [-0.25, -0.2) is 0 Å². The Balaban J connectivity index is 3.46. The van der Waals surface area contributed by atoms with E-state index in [1.54, 1.807) is 38.1 Å². The molecule has 5 nitrogen and oxygen atoms in total. The number of hydrogen-bond donors (Lipinski definition) is 0. The van der Waals surface area contributed by atoms with Crippen LogP contribution in [0.1, 0.15) is 25.1 Å². The molecule has 0 fully saturated rings. The minimum Gasteiger partial charge on any atom is -0.308 e. The third-order valence-electron chi connectivity index (χ3n) is 2.78. The van der Waals surface area contributed by atoms with Crippen LogP contribution in [0.25, 0.3) is 0 Å². The first kappa shape index (κ1) is 17.9. The van der Waals surface area contributed by atoms with Crippen LogP contribution < -0.4 is 0 Å². The van der Waals surface area contributed by atoms with Crippen LogP contribution in [-0.2, 0) is 13.6 Å². The Labute approximate surface area is 133 Å². The molecule has 0 aliphatic heterocycles. The van der Waals surface area contributed by atoms with Crippen molar-refractivity contribution in [3.63, 3.8) is 0 Å². The minimum atomic E-state index is -3.64. The molecule has 1 unspecified atom stereocenters. The number of rotatable bonds is 7. The maximum absolute atomic E-state index is 13.1. The Bertz CT molecular complexity index is 585. The second kappa shape index (κ2) is 8.32. The molecule has 0 spiro atoms. The number of nitriles is 2. The summed E-state index contributed by atoms with van der Waals surface area (Å²) in [6.45, 7) is 3.72. The van der Waals surface area contributed by atoms with E-state index in [1.165, 1.54) is 0 Å². The van der Waals surface area contributed by atoms with Gasteiger partial charge in [0.25, 0.3) is 0 Å². The van der Waals surface area contributed by atoms with Crippen LogP contribution in [-0.4, -0.2) is 13.2 Å². The molecule has 1 aromatic rings. The highest BCUT2D eigenvalue weighted by molar-refractivity contribution is 9.10. The summed E-state index contributed by atoms with van der Waals surface area (Å²) in [4.78, 5) is 0. The molecular formula is C14H16BrN2O3P. The number of benzene rings is 1. The van der Waals surface area contributed by atoms with Crippen molar-refractivity contribution in [2.45, 2.75) is 19.5 Å². The van der Waals surface area contributed by atoms with Crippen LogP contribution >= 0.6 is 23.5 Å². The first-order valence-corrected chi connectivity index (χ1v) is 8.87. The van der Waals surface area contributed by atoms with E-state index in [9.17, 15) is 15.1 Å². The van der Waals surface area contributed by atoms with Crippen molar-refractivity contribution in [1.29, 1.82) is 10.5 Å². The molecule has 21 heavy (non-hydrogen) atoms. The Morgan fingerprint density at radius 2 is 1.71 bits per heavy atom. The summed E-state index contributed by atoms with van der Waals surface area (Å²) in [6.07, 6.45) is 0. The highest BCUT2D eigenvalue weighted by Crippen LogP contribution is 2.64. The van der Waals surface area contributed by atoms with Crippen molar-refractivity contribution in [2.75, 3.05) is 13.2 Å². The van der Waals surface area contributed by atoms with E-state index >= 15 is 0 Å². The van der Waals surface area contributed by atoms with Gasteiger partial charge in [-0.2, -0.15) is 10.5 Å². The van der Waals surface area contributed by atoms with Crippen molar-refractivity contribution in [1.82, 2.24) is 0 Å². The van der Waals surface area contributed by atoms with E-state index in [0.717, 1.165) is 0 Å². The monoisotopic (exact) mass is 370 g/mol. The molecule has 0 heterocycles. The van der Waals surface area contributed by atoms with Gasteiger partial charge in [-0.15, -0.1) is 0 Å². The zero-order chi connectivity index (χ0) is 15.9. The van der Waals surface area contributed by atoms with E-state index in [0.29, 0.717) is 10.0 Å². The van der Waals surface area contributed by atoms with Crippen LogP contribution in [0.4, 0.5) is 0 Å². The first-order chi connectivity index (χ1) is 10.0. The van der Waals surface area contributed by atoms with E-state index in [2.05, 4.69) is 15.9 Å². The molecule has 0 aromatic heterocycles. The molecule has 0 radical (unpaired) electrons. The highest BCUT2D eigenvalue weighted by atomic mass is 79.9. The third-order valence-corrected chi connectivity index (χ3v) is 5.99. The summed E-state index contributed by atoms with van der Waals surface area (Å²) >= 11 is 3.37. The molecule has 7 heteroatoms. The van der Waals surface area contributed by atoms with E-state index < -0.39 is 19.2 Å². The number of nitrogens with zero attached hydrogens (tertiary/aromatic N) is 2. The molecule has 1 atom stereocenters. The zero-order valence-electron chi connectivity index (χ0n) is 11.8. The Hall–Kier alpha value is -1.17. The average molecular weight is 371 g/mol. The van der Waals surface area contributed by atoms with Crippen molar-refractivity contribution < 1.29 is 13.6 Å². The molecule has 0 saturated heterocycles. The molecule has 0 aliphatic rings. The maximum atomic E-state index is 13.1. The fourth-order valence-corrected chi connectivity index (χ4v) is 4.86. The van der Waals surface area contributed by atoms with Crippen molar-refractivity contribution in [3.05, 3.63) is 34.3 Å². The van der Waals surface area contributed by atoms with Crippen molar-refractivity contribution in [3.8, 4) is 12.1 Å². The lowest BCUT2D eigenvalue weighted by Gasteiger charge is -2.27. The normalized spacial score (nSPS) is 12.7. The highest BCUT2D eigenvalue weighted by Gasteiger charge is 2.43. The predicted octanol–water partition coefficient (Wildman–Crippen LogP) is 4.42. The summed E-state index contributed by atoms with van der Waals surface area (Å²) in [5.74, 6) is -1.13. The summed E-state index contributed by atoms with van der Waals surface area (Å²) in [7, 11) is -3.64. The van der Waals surface area contributed by atoms with Gasteiger partial charge in [0.2, 0.25) is 0 Å². The van der Waals surface area contributed by atoms with Gasteiger partial charge in [-0.1, -0.05) is 34.1 Å². The molecule has 1 aromatic carbocycles. The van der Waals surface area contributed by atoms with Gasteiger partial charge in [0.15, 0.2) is 5.92 Å². The fourth-order valence-electron chi connectivity index (χ4n) is 1.98. The van der Waals surface area contributed by atoms with E-state index in [-0.39, 0.29) is 13.2 Å². The van der Waals surface area contributed by atoms with Crippen LogP contribution in [0.3, 0.4) is 0 Å². The summed E-state index contributed by atoms with van der Waals surface area (Å²) in [5, 5.41) is 18.5. The molecular weight excluding hydrogens is 355 g/mol. The standard InChI is InChI=1S/C14H16BrN2O3P/c1-3-19-21(18,20-4-2)14(11(9-16)10-17)12-7-5-6-8-13(12)15/h5-8,11,14H,3-4H2,1-2H3. The van der Waals surface area contributed by atoms with Crippen LogP contribution in [0, 0.1) is 28.6 Å². The molecule has 0 N–H and O–H groups in total. The smallest absolute Gasteiger partial charge is 0.308 e. The van der Waals surface area contributed by atoms with Gasteiger partial charge < -0.3 is 9.05 Å². The molecule has 0 saturated carbocycles. The van der Waals surface area contributed by atoms with Crippen molar-refractivity contribution >= 4 is 23.5 Å². The third kappa shape index (κ3) is 4.15. The first-order valence-electron chi connectivity index (χ1n) is 6.46. The Kier molecular flexibility index (Phi) is 7.08. The summed E-state index contributed by atoms with van der Waals surface area (Å²) < 4.78 is 24.4. The maximum Gasteiger partial charge on any atom is 0.340 e. The van der Waals surface area contributed by atoms with Gasteiger partial charge >= 0.3 is 7.60 Å². The zero-order valence-corrected chi connectivity index (χ0v) is 14.3. The number of halogens is 1. The van der Waals surface area contributed by atoms with Crippen LogP contribution in [0.15, 0.2) is 28.7 Å². The topological polar surface area (TPSA) is 83.1 Å².